The third-order valence-electron chi connectivity index (χ3n) is 3.58. The Morgan fingerprint density at radius 3 is 1.60 bits per heavy atom. The Balaban J connectivity index is 2.64. The van der Waals surface area contributed by atoms with Gasteiger partial charge in [0.05, 0.1) is 12.2 Å². The van der Waals surface area contributed by atoms with Gasteiger partial charge in [-0.15, -0.1) is 0 Å². The van der Waals surface area contributed by atoms with Crippen molar-refractivity contribution in [2.75, 3.05) is 14.1 Å². The van der Waals surface area contributed by atoms with Crippen LogP contribution in [0.15, 0.2) is 0 Å². The molecule has 0 aromatic rings. The predicted molar refractivity (Wildman–Crippen MR) is 65.0 cm³/mol. The number of hydrogen-bond acceptors (Lipinski definition) is 2. The molecule has 0 bridgehead atoms. The number of ether oxygens (including phenoxy) is 1. The van der Waals surface area contributed by atoms with E-state index < -0.39 is 0 Å². The molecule has 2 nitrogen and oxygen atoms in total. The number of rotatable bonds is 3. The second-order valence-electron chi connectivity index (χ2n) is 5.79. The summed E-state index contributed by atoms with van der Waals surface area (Å²) in [6.45, 7) is 9.06. The topological polar surface area (TPSA) is 12.5 Å². The monoisotopic (exact) mass is 213 g/mol. The van der Waals surface area contributed by atoms with Crippen LogP contribution in [-0.4, -0.2) is 37.2 Å². The Morgan fingerprint density at radius 2 is 1.33 bits per heavy atom. The van der Waals surface area contributed by atoms with E-state index in [1.807, 2.05) is 0 Å². The van der Waals surface area contributed by atoms with E-state index in [0.29, 0.717) is 30.1 Å². The third-order valence-corrected chi connectivity index (χ3v) is 3.58. The molecule has 0 aromatic carbocycles. The first-order valence-corrected chi connectivity index (χ1v) is 6.23. The van der Waals surface area contributed by atoms with Gasteiger partial charge in [-0.1, -0.05) is 27.7 Å². The van der Waals surface area contributed by atoms with Crippen LogP contribution in [0.25, 0.3) is 0 Å². The summed E-state index contributed by atoms with van der Waals surface area (Å²) in [7, 11) is 4.37. The van der Waals surface area contributed by atoms with Crippen molar-refractivity contribution in [1.29, 1.82) is 0 Å². The Bertz CT molecular complexity index is 150. The second kappa shape index (κ2) is 5.31. The van der Waals surface area contributed by atoms with E-state index in [2.05, 4.69) is 46.7 Å². The number of hydrogen-bond donors (Lipinski definition) is 0. The molecule has 15 heavy (non-hydrogen) atoms. The minimum Gasteiger partial charge on any atom is -0.374 e. The van der Waals surface area contributed by atoms with E-state index in [9.17, 15) is 0 Å². The van der Waals surface area contributed by atoms with Crippen LogP contribution < -0.4 is 0 Å². The molecule has 1 unspecified atom stereocenters. The van der Waals surface area contributed by atoms with Crippen molar-refractivity contribution in [1.82, 2.24) is 4.90 Å². The summed E-state index contributed by atoms with van der Waals surface area (Å²) in [5, 5.41) is 0. The van der Waals surface area contributed by atoms with E-state index in [1.54, 1.807) is 0 Å². The van der Waals surface area contributed by atoms with Gasteiger partial charge in [0.1, 0.15) is 0 Å². The lowest BCUT2D eigenvalue weighted by Gasteiger charge is -2.41. The van der Waals surface area contributed by atoms with Crippen LogP contribution in [0.4, 0.5) is 0 Å². The van der Waals surface area contributed by atoms with Crippen molar-refractivity contribution in [3.8, 4) is 0 Å². The normalized spacial score (nSPS) is 33.0. The minimum atomic E-state index is 0.443. The molecule has 0 radical (unpaired) electrons. The van der Waals surface area contributed by atoms with Gasteiger partial charge in [0.25, 0.3) is 0 Å². The molecule has 2 heteroatoms. The lowest BCUT2D eigenvalue weighted by molar-refractivity contribution is -0.111. The highest BCUT2D eigenvalue weighted by atomic mass is 16.5. The summed E-state index contributed by atoms with van der Waals surface area (Å²) < 4.78 is 6.16. The maximum atomic E-state index is 6.16. The Morgan fingerprint density at radius 1 is 0.933 bits per heavy atom. The first kappa shape index (κ1) is 13.0. The van der Waals surface area contributed by atoms with E-state index in [4.69, 9.17) is 4.74 Å². The summed E-state index contributed by atoms with van der Waals surface area (Å²) in [6, 6.07) is 0.693. The van der Waals surface area contributed by atoms with Gasteiger partial charge in [0, 0.05) is 6.04 Å². The molecule has 0 aromatic heterocycles. The zero-order chi connectivity index (χ0) is 11.6. The smallest absolute Gasteiger partial charge is 0.0616 e. The summed E-state index contributed by atoms with van der Waals surface area (Å²) in [4.78, 5) is 2.35. The highest BCUT2D eigenvalue weighted by Gasteiger charge is 2.33. The van der Waals surface area contributed by atoms with Crippen molar-refractivity contribution in [2.24, 2.45) is 11.8 Å². The molecule has 0 amide bonds. The predicted octanol–water partition coefficient (Wildman–Crippen LogP) is 2.78. The first-order valence-electron chi connectivity index (χ1n) is 6.23. The Kier molecular flexibility index (Phi) is 4.60. The van der Waals surface area contributed by atoms with E-state index >= 15 is 0 Å². The molecule has 0 saturated carbocycles. The summed E-state index contributed by atoms with van der Waals surface area (Å²) in [6.07, 6.45) is 3.26. The molecule has 3 atom stereocenters. The zero-order valence-electron chi connectivity index (χ0n) is 11.2. The third kappa shape index (κ3) is 3.46. The summed E-state index contributed by atoms with van der Waals surface area (Å²) in [5.41, 5.74) is 0. The zero-order valence-corrected chi connectivity index (χ0v) is 11.2. The second-order valence-corrected chi connectivity index (χ2v) is 5.79. The SMILES string of the molecule is CC(C)[C@@H]1CC(N(C)C)C[C@H](C(C)C)O1. The molecule has 1 aliphatic heterocycles. The average Bonchev–Trinajstić information content (AvgIpc) is 2.16. The lowest BCUT2D eigenvalue weighted by atomic mass is 9.88. The van der Waals surface area contributed by atoms with Crippen molar-refractivity contribution in [2.45, 2.75) is 58.8 Å². The molecule has 1 heterocycles. The molecule has 0 N–H and O–H groups in total. The molecule has 1 rings (SSSR count). The van der Waals surface area contributed by atoms with Gasteiger partial charge < -0.3 is 9.64 Å². The maximum absolute atomic E-state index is 6.16. The van der Waals surface area contributed by atoms with Gasteiger partial charge in [-0.2, -0.15) is 0 Å². The maximum Gasteiger partial charge on any atom is 0.0616 e. The summed E-state index contributed by atoms with van der Waals surface area (Å²) >= 11 is 0. The molecular weight excluding hydrogens is 186 g/mol. The lowest BCUT2D eigenvalue weighted by Crippen LogP contribution is -2.45. The van der Waals surface area contributed by atoms with Gasteiger partial charge in [0.15, 0.2) is 0 Å². The van der Waals surface area contributed by atoms with Crippen LogP contribution in [0.1, 0.15) is 40.5 Å². The van der Waals surface area contributed by atoms with Crippen LogP contribution >= 0.6 is 0 Å². The molecule has 1 saturated heterocycles. The van der Waals surface area contributed by atoms with Gasteiger partial charge in [-0.05, 0) is 38.8 Å². The van der Waals surface area contributed by atoms with Gasteiger partial charge in [0.2, 0.25) is 0 Å². The standard InChI is InChI=1S/C13H27NO/c1-9(2)12-7-11(14(5)6)8-13(15-12)10(3)4/h9-13H,7-8H2,1-6H3/t11?,12-,13+. The molecule has 1 fully saturated rings. The van der Waals surface area contributed by atoms with Crippen LogP contribution in [0.5, 0.6) is 0 Å². The van der Waals surface area contributed by atoms with Crippen LogP contribution in [-0.2, 0) is 4.74 Å². The van der Waals surface area contributed by atoms with Crippen LogP contribution in [0.2, 0.25) is 0 Å². The van der Waals surface area contributed by atoms with Crippen molar-refractivity contribution in [3.63, 3.8) is 0 Å². The van der Waals surface area contributed by atoms with E-state index in [-0.39, 0.29) is 0 Å². The fourth-order valence-electron chi connectivity index (χ4n) is 2.25. The Hall–Kier alpha value is -0.0800. The summed E-state index contributed by atoms with van der Waals surface area (Å²) in [5.74, 6) is 1.27. The largest absolute Gasteiger partial charge is 0.374 e. The van der Waals surface area contributed by atoms with Gasteiger partial charge in [-0.3, -0.25) is 0 Å². The minimum absolute atomic E-state index is 0.443. The van der Waals surface area contributed by atoms with Crippen LogP contribution in [0.3, 0.4) is 0 Å². The fraction of sp³-hybridized carbons (Fsp3) is 1.00. The van der Waals surface area contributed by atoms with Crippen molar-refractivity contribution in [3.05, 3.63) is 0 Å². The van der Waals surface area contributed by atoms with Crippen LogP contribution in [0, 0.1) is 11.8 Å². The average molecular weight is 213 g/mol. The quantitative estimate of drug-likeness (QED) is 0.715. The number of nitrogens with zero attached hydrogens (tertiary/aromatic N) is 1. The van der Waals surface area contributed by atoms with E-state index in [0.717, 1.165) is 0 Å². The molecule has 0 aliphatic carbocycles. The Labute approximate surface area is 95.0 Å². The first-order chi connectivity index (χ1) is 6.91. The van der Waals surface area contributed by atoms with Crippen molar-refractivity contribution >= 4 is 0 Å². The molecule has 90 valence electrons. The molecule has 0 spiro atoms. The molecule has 1 aliphatic rings. The highest BCUT2D eigenvalue weighted by molar-refractivity contribution is 4.84. The van der Waals surface area contributed by atoms with Gasteiger partial charge >= 0.3 is 0 Å². The van der Waals surface area contributed by atoms with E-state index in [1.165, 1.54) is 12.8 Å². The fourth-order valence-corrected chi connectivity index (χ4v) is 2.25. The van der Waals surface area contributed by atoms with Crippen molar-refractivity contribution < 1.29 is 4.74 Å². The molecular formula is C13H27NO. The highest BCUT2D eigenvalue weighted by Crippen LogP contribution is 2.29. The van der Waals surface area contributed by atoms with Gasteiger partial charge in [-0.25, -0.2) is 0 Å².